The maximum Gasteiger partial charge on any atom is 0.193 e. The van der Waals surface area contributed by atoms with Crippen molar-refractivity contribution in [1.82, 2.24) is 0 Å². The van der Waals surface area contributed by atoms with Crippen molar-refractivity contribution in [3.05, 3.63) is 62.3 Å². The average molecular weight is 373 g/mol. The van der Waals surface area contributed by atoms with Crippen molar-refractivity contribution < 1.29 is 9.18 Å². The third-order valence-electron chi connectivity index (χ3n) is 2.39. The van der Waals surface area contributed by atoms with E-state index in [1.165, 1.54) is 12.1 Å². The van der Waals surface area contributed by atoms with Gasteiger partial charge in [0, 0.05) is 25.8 Å². The van der Waals surface area contributed by atoms with Crippen molar-refractivity contribution in [1.29, 1.82) is 0 Å². The molecule has 92 valence electrons. The first-order valence-corrected chi connectivity index (χ1v) is 6.62. The number of carbonyl (C=O) groups is 1. The molecule has 5 heteroatoms. The summed E-state index contributed by atoms with van der Waals surface area (Å²) in [5, 5.41) is 0. The van der Waals surface area contributed by atoms with Crippen LogP contribution in [-0.4, -0.2) is 5.78 Å². The highest BCUT2D eigenvalue weighted by molar-refractivity contribution is 9.10. The Labute approximate surface area is 120 Å². The summed E-state index contributed by atoms with van der Waals surface area (Å²) in [7, 11) is 0. The number of benzene rings is 2. The predicted octanol–water partition coefficient (Wildman–Crippen LogP) is 4.16. The van der Waals surface area contributed by atoms with Crippen LogP contribution in [0.4, 0.5) is 10.1 Å². The van der Waals surface area contributed by atoms with E-state index < -0.39 is 5.82 Å². The van der Waals surface area contributed by atoms with Crippen molar-refractivity contribution in [2.24, 2.45) is 0 Å². The van der Waals surface area contributed by atoms with Crippen molar-refractivity contribution in [2.75, 3.05) is 5.73 Å². The molecule has 0 aliphatic heterocycles. The number of nitrogens with two attached hydrogens (primary N) is 1. The first-order valence-electron chi connectivity index (χ1n) is 5.03. The molecule has 0 aromatic heterocycles. The molecule has 0 atom stereocenters. The predicted molar refractivity (Wildman–Crippen MR) is 76.1 cm³/mol. The lowest BCUT2D eigenvalue weighted by molar-refractivity contribution is 0.103. The van der Waals surface area contributed by atoms with Crippen LogP contribution in [0.5, 0.6) is 0 Å². The van der Waals surface area contributed by atoms with E-state index in [1.807, 2.05) is 0 Å². The first-order chi connectivity index (χ1) is 8.47. The van der Waals surface area contributed by atoms with E-state index in [2.05, 4.69) is 31.9 Å². The van der Waals surface area contributed by atoms with Gasteiger partial charge in [-0.1, -0.05) is 15.9 Å². The van der Waals surface area contributed by atoms with Crippen LogP contribution in [0.1, 0.15) is 15.9 Å². The molecule has 0 unspecified atom stereocenters. The van der Waals surface area contributed by atoms with Crippen LogP contribution in [0, 0.1) is 5.82 Å². The summed E-state index contributed by atoms with van der Waals surface area (Å²) < 4.78 is 14.4. The fourth-order valence-corrected chi connectivity index (χ4v) is 2.36. The fraction of sp³-hybridized carbons (Fsp3) is 0. The van der Waals surface area contributed by atoms with E-state index in [-0.39, 0.29) is 5.78 Å². The van der Waals surface area contributed by atoms with Gasteiger partial charge in [0.05, 0.1) is 0 Å². The number of halogens is 3. The summed E-state index contributed by atoms with van der Waals surface area (Å²) >= 11 is 6.41. The van der Waals surface area contributed by atoms with Gasteiger partial charge in [0.2, 0.25) is 0 Å². The molecular formula is C13H8Br2FNO. The van der Waals surface area contributed by atoms with Crippen LogP contribution in [0.15, 0.2) is 45.3 Å². The number of anilines is 1. The van der Waals surface area contributed by atoms with Gasteiger partial charge in [0.15, 0.2) is 5.78 Å². The Hall–Kier alpha value is -1.20. The van der Waals surface area contributed by atoms with E-state index >= 15 is 0 Å². The highest BCUT2D eigenvalue weighted by Crippen LogP contribution is 2.23. The molecular weight excluding hydrogens is 365 g/mol. The number of rotatable bonds is 2. The molecule has 0 bridgehead atoms. The summed E-state index contributed by atoms with van der Waals surface area (Å²) in [6.07, 6.45) is 0. The highest BCUT2D eigenvalue weighted by atomic mass is 79.9. The number of nitrogen functional groups attached to an aromatic ring is 1. The number of hydrogen-bond acceptors (Lipinski definition) is 2. The lowest BCUT2D eigenvalue weighted by atomic mass is 10.0. The number of ketones is 1. The molecule has 0 aliphatic carbocycles. The van der Waals surface area contributed by atoms with Gasteiger partial charge in [-0.2, -0.15) is 0 Å². The second-order valence-corrected chi connectivity index (χ2v) is 5.49. The Morgan fingerprint density at radius 3 is 2.39 bits per heavy atom. The summed E-state index contributed by atoms with van der Waals surface area (Å²) in [4.78, 5) is 12.2. The quantitative estimate of drug-likeness (QED) is 0.635. The number of carbonyl (C=O) groups excluding carboxylic acids is 1. The zero-order valence-corrected chi connectivity index (χ0v) is 12.3. The van der Waals surface area contributed by atoms with Crippen LogP contribution in [0.25, 0.3) is 0 Å². The minimum atomic E-state index is -0.456. The molecule has 0 saturated heterocycles. The lowest BCUT2D eigenvalue weighted by Crippen LogP contribution is -2.02. The maximum absolute atomic E-state index is 13.2. The summed E-state index contributed by atoms with van der Waals surface area (Å²) in [5.41, 5.74) is 6.94. The third kappa shape index (κ3) is 2.79. The van der Waals surface area contributed by atoms with Gasteiger partial charge in [-0.05, 0) is 52.3 Å². The van der Waals surface area contributed by atoms with E-state index in [0.29, 0.717) is 25.8 Å². The molecule has 0 fully saturated rings. The Balaban J connectivity index is 2.44. The second-order valence-electron chi connectivity index (χ2n) is 3.72. The highest BCUT2D eigenvalue weighted by Gasteiger charge is 2.12. The van der Waals surface area contributed by atoms with Crippen LogP contribution in [0.3, 0.4) is 0 Å². The smallest absolute Gasteiger partial charge is 0.193 e. The molecule has 2 nitrogen and oxygen atoms in total. The molecule has 2 aromatic carbocycles. The SMILES string of the molecule is Nc1ccc(C(=O)c2cc(F)cc(Br)c2)cc1Br. The summed E-state index contributed by atoms with van der Waals surface area (Å²) in [5.74, 6) is -0.710. The van der Waals surface area contributed by atoms with Gasteiger partial charge in [0.1, 0.15) is 5.82 Å². The second kappa shape index (κ2) is 5.20. The molecule has 0 aliphatic rings. The minimum Gasteiger partial charge on any atom is -0.398 e. The third-order valence-corrected chi connectivity index (χ3v) is 3.53. The largest absolute Gasteiger partial charge is 0.398 e. The van der Waals surface area contributed by atoms with Crippen molar-refractivity contribution in [2.45, 2.75) is 0 Å². The zero-order valence-electron chi connectivity index (χ0n) is 9.08. The summed E-state index contributed by atoms with van der Waals surface area (Å²) in [6.45, 7) is 0. The van der Waals surface area contributed by atoms with Gasteiger partial charge >= 0.3 is 0 Å². The topological polar surface area (TPSA) is 43.1 Å². The molecule has 2 N–H and O–H groups in total. The van der Waals surface area contributed by atoms with Gasteiger partial charge in [0.25, 0.3) is 0 Å². The Kier molecular flexibility index (Phi) is 3.82. The molecule has 2 aromatic rings. The minimum absolute atomic E-state index is 0.254. The van der Waals surface area contributed by atoms with Gasteiger partial charge in [-0.3, -0.25) is 4.79 Å². The van der Waals surface area contributed by atoms with Gasteiger partial charge in [-0.15, -0.1) is 0 Å². The normalized spacial score (nSPS) is 10.4. The standard InChI is InChI=1S/C13H8Br2FNO/c14-9-3-8(4-10(16)6-9)13(18)7-1-2-12(17)11(15)5-7/h1-6H,17H2. The van der Waals surface area contributed by atoms with Crippen LogP contribution >= 0.6 is 31.9 Å². The zero-order chi connectivity index (χ0) is 13.3. The van der Waals surface area contributed by atoms with Crippen molar-refractivity contribution in [3.63, 3.8) is 0 Å². The van der Waals surface area contributed by atoms with E-state index in [9.17, 15) is 9.18 Å². The lowest BCUT2D eigenvalue weighted by Gasteiger charge is -2.04. The molecule has 0 heterocycles. The van der Waals surface area contributed by atoms with Crippen molar-refractivity contribution >= 4 is 43.3 Å². The molecule has 0 amide bonds. The number of hydrogen-bond donors (Lipinski definition) is 1. The molecule has 0 radical (unpaired) electrons. The van der Waals surface area contributed by atoms with Gasteiger partial charge < -0.3 is 5.73 Å². The van der Waals surface area contributed by atoms with Gasteiger partial charge in [-0.25, -0.2) is 4.39 Å². The van der Waals surface area contributed by atoms with E-state index in [0.717, 1.165) is 0 Å². The molecule has 2 rings (SSSR count). The van der Waals surface area contributed by atoms with Crippen molar-refractivity contribution in [3.8, 4) is 0 Å². The van der Waals surface area contributed by atoms with Crippen LogP contribution in [0.2, 0.25) is 0 Å². The van der Waals surface area contributed by atoms with Crippen LogP contribution < -0.4 is 5.73 Å². The summed E-state index contributed by atoms with van der Waals surface area (Å²) in [6, 6.07) is 8.95. The molecule has 0 saturated carbocycles. The Morgan fingerprint density at radius 1 is 1.06 bits per heavy atom. The Bertz CT molecular complexity index is 608. The monoisotopic (exact) mass is 371 g/mol. The molecule has 18 heavy (non-hydrogen) atoms. The van der Waals surface area contributed by atoms with E-state index in [4.69, 9.17) is 5.73 Å². The first kappa shape index (κ1) is 13.2. The molecule has 0 spiro atoms. The van der Waals surface area contributed by atoms with E-state index in [1.54, 1.807) is 24.3 Å². The average Bonchev–Trinajstić information content (AvgIpc) is 2.30. The Morgan fingerprint density at radius 2 is 1.78 bits per heavy atom. The van der Waals surface area contributed by atoms with Crippen LogP contribution in [-0.2, 0) is 0 Å². The maximum atomic E-state index is 13.2. The fourth-order valence-electron chi connectivity index (χ4n) is 1.52.